The molecule has 1 aliphatic heterocycles. The summed E-state index contributed by atoms with van der Waals surface area (Å²) in [5.74, 6) is -0.00964. The Bertz CT molecular complexity index is 1100. The van der Waals surface area contributed by atoms with Gasteiger partial charge in [-0.25, -0.2) is 4.98 Å². The fourth-order valence-electron chi connectivity index (χ4n) is 4.43. The minimum atomic E-state index is -0.0528. The standard InChI is InChI=1S/C26H31N5O2S/c1-19-25(34-20(2)29-19)26(33)30-14-6-15-31(18-21-9-11-27-12-10-21)23(17-24(32)28-13-16-30)22-7-4-3-5-8-22/h3-5,7-12,23H,6,13-18H2,1-2H3,(H,28,32). The highest BCUT2D eigenvalue weighted by atomic mass is 32.1. The molecule has 8 heteroatoms. The molecule has 0 spiro atoms. The molecule has 3 heterocycles. The van der Waals surface area contributed by atoms with Gasteiger partial charge in [0, 0.05) is 57.6 Å². The number of benzene rings is 1. The van der Waals surface area contributed by atoms with Crippen LogP contribution in [0.5, 0.6) is 0 Å². The fraction of sp³-hybridized carbons (Fsp3) is 0.385. The third kappa shape index (κ3) is 6.07. The van der Waals surface area contributed by atoms with Crippen molar-refractivity contribution >= 4 is 23.2 Å². The van der Waals surface area contributed by atoms with Gasteiger partial charge in [0.2, 0.25) is 5.91 Å². The summed E-state index contributed by atoms with van der Waals surface area (Å²) >= 11 is 1.44. The Morgan fingerprint density at radius 1 is 1.09 bits per heavy atom. The molecular weight excluding hydrogens is 446 g/mol. The summed E-state index contributed by atoms with van der Waals surface area (Å²) in [6.07, 6.45) is 4.78. The topological polar surface area (TPSA) is 78.4 Å². The van der Waals surface area contributed by atoms with Gasteiger partial charge >= 0.3 is 0 Å². The van der Waals surface area contributed by atoms with E-state index in [0.717, 1.165) is 34.8 Å². The summed E-state index contributed by atoms with van der Waals surface area (Å²) in [6.45, 7) is 6.82. The zero-order chi connectivity index (χ0) is 23.9. The summed E-state index contributed by atoms with van der Waals surface area (Å²) in [4.78, 5) is 39.7. The van der Waals surface area contributed by atoms with Crippen LogP contribution in [-0.2, 0) is 11.3 Å². The number of amides is 2. The van der Waals surface area contributed by atoms with E-state index in [2.05, 4.69) is 32.3 Å². The molecule has 1 aromatic carbocycles. The molecule has 2 aromatic heterocycles. The number of pyridine rings is 1. The molecule has 34 heavy (non-hydrogen) atoms. The van der Waals surface area contributed by atoms with Crippen LogP contribution < -0.4 is 5.32 Å². The Morgan fingerprint density at radius 3 is 2.56 bits per heavy atom. The normalized spacial score (nSPS) is 18.2. The van der Waals surface area contributed by atoms with Crippen LogP contribution in [0.4, 0.5) is 0 Å². The van der Waals surface area contributed by atoms with Crippen LogP contribution in [0.25, 0.3) is 0 Å². The smallest absolute Gasteiger partial charge is 0.265 e. The molecule has 3 aromatic rings. The average molecular weight is 478 g/mol. The monoisotopic (exact) mass is 477 g/mol. The molecular formula is C26H31N5O2S. The number of hydrogen-bond donors (Lipinski definition) is 1. The molecule has 0 bridgehead atoms. The number of hydrogen-bond acceptors (Lipinski definition) is 6. The van der Waals surface area contributed by atoms with Crippen molar-refractivity contribution in [1.82, 2.24) is 25.1 Å². The summed E-state index contributed by atoms with van der Waals surface area (Å²) in [6, 6.07) is 14.2. The Hall–Kier alpha value is -3.10. The van der Waals surface area contributed by atoms with Crippen LogP contribution in [0.3, 0.4) is 0 Å². The molecule has 178 valence electrons. The largest absolute Gasteiger partial charge is 0.354 e. The predicted molar refractivity (Wildman–Crippen MR) is 134 cm³/mol. The minimum Gasteiger partial charge on any atom is -0.354 e. The quantitative estimate of drug-likeness (QED) is 0.619. The number of carbonyl (C=O) groups is 2. The van der Waals surface area contributed by atoms with Crippen molar-refractivity contribution in [3.8, 4) is 0 Å². The van der Waals surface area contributed by atoms with E-state index in [0.29, 0.717) is 37.5 Å². The van der Waals surface area contributed by atoms with Gasteiger partial charge in [0.05, 0.1) is 10.7 Å². The highest BCUT2D eigenvalue weighted by Gasteiger charge is 2.26. The third-order valence-electron chi connectivity index (χ3n) is 6.10. The molecule has 1 unspecified atom stereocenters. The molecule has 1 atom stereocenters. The van der Waals surface area contributed by atoms with E-state index in [4.69, 9.17) is 0 Å². The van der Waals surface area contributed by atoms with Crippen molar-refractivity contribution in [2.45, 2.75) is 39.3 Å². The van der Waals surface area contributed by atoms with E-state index < -0.39 is 0 Å². The first kappa shape index (κ1) is 24.0. The molecule has 7 nitrogen and oxygen atoms in total. The zero-order valence-corrected chi connectivity index (χ0v) is 20.6. The van der Waals surface area contributed by atoms with Gasteiger partial charge in [0.1, 0.15) is 4.88 Å². The van der Waals surface area contributed by atoms with Crippen LogP contribution in [0.1, 0.15) is 50.4 Å². The molecule has 1 saturated heterocycles. The van der Waals surface area contributed by atoms with E-state index in [-0.39, 0.29) is 17.9 Å². The van der Waals surface area contributed by atoms with Crippen molar-refractivity contribution in [2.75, 3.05) is 26.2 Å². The van der Waals surface area contributed by atoms with Crippen molar-refractivity contribution in [1.29, 1.82) is 0 Å². The van der Waals surface area contributed by atoms with Crippen molar-refractivity contribution < 1.29 is 9.59 Å². The van der Waals surface area contributed by atoms with Crippen molar-refractivity contribution in [3.63, 3.8) is 0 Å². The SMILES string of the molecule is Cc1nc(C)c(C(=O)N2CCCN(Cc3ccncc3)C(c3ccccc3)CC(=O)NCC2)s1. The molecule has 1 N–H and O–H groups in total. The third-order valence-corrected chi connectivity index (χ3v) is 7.16. The van der Waals surface area contributed by atoms with E-state index in [1.807, 2.05) is 49.1 Å². The highest BCUT2D eigenvalue weighted by molar-refractivity contribution is 7.13. The summed E-state index contributed by atoms with van der Waals surface area (Å²) in [7, 11) is 0. The second-order valence-electron chi connectivity index (χ2n) is 8.60. The van der Waals surface area contributed by atoms with Crippen LogP contribution in [0, 0.1) is 13.8 Å². The Balaban J connectivity index is 1.58. The van der Waals surface area contributed by atoms with Crippen molar-refractivity contribution in [2.24, 2.45) is 0 Å². The van der Waals surface area contributed by atoms with Gasteiger partial charge in [-0.15, -0.1) is 11.3 Å². The van der Waals surface area contributed by atoms with Gasteiger partial charge in [-0.1, -0.05) is 30.3 Å². The summed E-state index contributed by atoms with van der Waals surface area (Å²) in [5.41, 5.74) is 3.04. The van der Waals surface area contributed by atoms with E-state index in [1.54, 1.807) is 12.4 Å². The van der Waals surface area contributed by atoms with Crippen LogP contribution >= 0.6 is 11.3 Å². The average Bonchev–Trinajstić information content (AvgIpc) is 3.17. The number of thiazole rings is 1. The number of nitrogens with one attached hydrogen (secondary N) is 1. The highest BCUT2D eigenvalue weighted by Crippen LogP contribution is 2.27. The molecule has 4 rings (SSSR count). The lowest BCUT2D eigenvalue weighted by atomic mass is 10.00. The molecule has 0 radical (unpaired) electrons. The summed E-state index contributed by atoms with van der Waals surface area (Å²) in [5, 5.41) is 3.93. The van der Waals surface area contributed by atoms with E-state index >= 15 is 0 Å². The van der Waals surface area contributed by atoms with Gasteiger partial charge in [-0.05, 0) is 43.5 Å². The first-order chi connectivity index (χ1) is 16.5. The fourth-order valence-corrected chi connectivity index (χ4v) is 5.32. The van der Waals surface area contributed by atoms with Gasteiger partial charge in [0.25, 0.3) is 5.91 Å². The Kier molecular flexibility index (Phi) is 8.03. The minimum absolute atomic E-state index is 0.00288. The number of rotatable bonds is 4. The number of carbonyl (C=O) groups excluding carboxylic acids is 2. The zero-order valence-electron chi connectivity index (χ0n) is 19.7. The van der Waals surface area contributed by atoms with E-state index in [1.165, 1.54) is 11.3 Å². The first-order valence-corrected chi connectivity index (χ1v) is 12.5. The van der Waals surface area contributed by atoms with Gasteiger partial charge in [-0.2, -0.15) is 0 Å². The van der Waals surface area contributed by atoms with Crippen molar-refractivity contribution in [3.05, 3.63) is 81.6 Å². The van der Waals surface area contributed by atoms with Gasteiger partial charge in [0.15, 0.2) is 0 Å². The second kappa shape index (κ2) is 11.4. The van der Waals surface area contributed by atoms with Crippen LogP contribution in [-0.4, -0.2) is 57.8 Å². The lowest BCUT2D eigenvalue weighted by Crippen LogP contribution is -2.39. The molecule has 0 aliphatic carbocycles. The van der Waals surface area contributed by atoms with Gasteiger partial charge in [-0.3, -0.25) is 19.5 Å². The molecule has 0 saturated carbocycles. The number of nitrogens with zero attached hydrogens (tertiary/aromatic N) is 4. The lowest BCUT2D eigenvalue weighted by Gasteiger charge is -2.32. The maximum atomic E-state index is 13.3. The van der Waals surface area contributed by atoms with Crippen LogP contribution in [0.2, 0.25) is 0 Å². The Morgan fingerprint density at radius 2 is 1.85 bits per heavy atom. The Labute approximate surface area is 204 Å². The molecule has 2 amide bonds. The maximum absolute atomic E-state index is 13.3. The first-order valence-electron chi connectivity index (χ1n) is 11.7. The number of aromatic nitrogens is 2. The second-order valence-corrected chi connectivity index (χ2v) is 9.80. The molecule has 1 fully saturated rings. The number of aryl methyl sites for hydroxylation is 2. The summed E-state index contributed by atoms with van der Waals surface area (Å²) < 4.78 is 0. The van der Waals surface area contributed by atoms with Gasteiger partial charge < -0.3 is 10.2 Å². The van der Waals surface area contributed by atoms with Crippen LogP contribution in [0.15, 0.2) is 54.9 Å². The predicted octanol–water partition coefficient (Wildman–Crippen LogP) is 3.75. The molecule has 1 aliphatic rings. The maximum Gasteiger partial charge on any atom is 0.265 e. The lowest BCUT2D eigenvalue weighted by molar-refractivity contribution is -0.122. The van der Waals surface area contributed by atoms with E-state index in [9.17, 15) is 9.59 Å².